The number of pyridine rings is 1. The molecule has 0 aliphatic heterocycles. The zero-order valence-electron chi connectivity index (χ0n) is 14.7. The first kappa shape index (κ1) is 17.8. The summed E-state index contributed by atoms with van der Waals surface area (Å²) in [6.45, 7) is 0.294. The highest BCUT2D eigenvalue weighted by molar-refractivity contribution is 6.10. The number of fused-ring (bicyclic) bond motifs is 1. The molecule has 0 N–H and O–H groups in total. The summed E-state index contributed by atoms with van der Waals surface area (Å²) in [4.78, 5) is 25.8. The van der Waals surface area contributed by atoms with E-state index in [0.717, 1.165) is 0 Å². The smallest absolute Gasteiger partial charge is 0.200 e. The lowest BCUT2D eigenvalue weighted by Crippen LogP contribution is -2.20. The first-order valence-electron chi connectivity index (χ1n) is 8.70. The third-order valence-corrected chi connectivity index (χ3v) is 4.58. The number of carbonyl (C=O) groups is 1. The molecule has 0 saturated heterocycles. The number of rotatable bonds is 4. The van der Waals surface area contributed by atoms with Crippen molar-refractivity contribution in [3.05, 3.63) is 118 Å². The molecule has 0 unspecified atom stereocenters. The molecule has 0 radical (unpaired) electrons. The van der Waals surface area contributed by atoms with E-state index in [-0.39, 0.29) is 22.4 Å². The minimum Gasteiger partial charge on any atom is -0.342 e. The predicted molar refractivity (Wildman–Crippen MR) is 104 cm³/mol. The third-order valence-electron chi connectivity index (χ3n) is 4.58. The summed E-state index contributed by atoms with van der Waals surface area (Å²) in [7, 11) is 0. The lowest BCUT2D eigenvalue weighted by atomic mass is 10.0. The van der Waals surface area contributed by atoms with Crippen molar-refractivity contribution < 1.29 is 13.6 Å². The number of hydrogen-bond donors (Lipinski definition) is 0. The van der Waals surface area contributed by atoms with Crippen molar-refractivity contribution in [3.8, 4) is 0 Å². The topological polar surface area (TPSA) is 39.1 Å². The largest absolute Gasteiger partial charge is 0.342 e. The fourth-order valence-corrected chi connectivity index (χ4v) is 3.23. The summed E-state index contributed by atoms with van der Waals surface area (Å²) in [5.41, 5.74) is 1.18. The van der Waals surface area contributed by atoms with Crippen LogP contribution in [0.1, 0.15) is 21.5 Å². The van der Waals surface area contributed by atoms with E-state index >= 15 is 0 Å². The van der Waals surface area contributed by atoms with Crippen LogP contribution >= 0.6 is 0 Å². The SMILES string of the molecule is O=C(c1ccc(F)cc1)c1cn(Cc2cccc(F)c2)c2ccccc2c1=O. The maximum Gasteiger partial charge on any atom is 0.200 e. The molecular formula is C23H15F2NO2. The quantitative estimate of drug-likeness (QED) is 0.491. The van der Waals surface area contributed by atoms with Gasteiger partial charge in [0.1, 0.15) is 11.6 Å². The fourth-order valence-electron chi connectivity index (χ4n) is 3.23. The zero-order chi connectivity index (χ0) is 19.7. The zero-order valence-corrected chi connectivity index (χ0v) is 14.7. The van der Waals surface area contributed by atoms with Gasteiger partial charge in [0, 0.05) is 23.7 Å². The van der Waals surface area contributed by atoms with E-state index in [4.69, 9.17) is 0 Å². The average Bonchev–Trinajstić information content (AvgIpc) is 2.70. The Kier molecular flexibility index (Phi) is 4.57. The normalized spacial score (nSPS) is 10.9. The lowest BCUT2D eigenvalue weighted by Gasteiger charge is -2.13. The molecule has 1 aromatic heterocycles. The number of aromatic nitrogens is 1. The van der Waals surface area contributed by atoms with Crippen LogP contribution in [0, 0.1) is 11.6 Å². The van der Waals surface area contributed by atoms with Gasteiger partial charge >= 0.3 is 0 Å². The van der Waals surface area contributed by atoms with Crippen LogP contribution in [0.2, 0.25) is 0 Å². The van der Waals surface area contributed by atoms with Crippen LogP contribution in [0.15, 0.2) is 83.8 Å². The highest BCUT2D eigenvalue weighted by Gasteiger charge is 2.17. The lowest BCUT2D eigenvalue weighted by molar-refractivity contribution is 0.103. The molecule has 0 spiro atoms. The molecule has 138 valence electrons. The van der Waals surface area contributed by atoms with Crippen molar-refractivity contribution in [1.29, 1.82) is 0 Å². The number of carbonyl (C=O) groups excluding carboxylic acids is 1. The van der Waals surface area contributed by atoms with Crippen LogP contribution in [0.5, 0.6) is 0 Å². The Labute approximate surface area is 159 Å². The van der Waals surface area contributed by atoms with Gasteiger partial charge in [-0.2, -0.15) is 0 Å². The Morgan fingerprint density at radius 1 is 0.857 bits per heavy atom. The van der Waals surface area contributed by atoms with Crippen molar-refractivity contribution in [2.45, 2.75) is 6.54 Å². The van der Waals surface area contributed by atoms with Crippen LogP contribution in [-0.4, -0.2) is 10.4 Å². The van der Waals surface area contributed by atoms with Crippen LogP contribution in [-0.2, 0) is 6.54 Å². The average molecular weight is 375 g/mol. The van der Waals surface area contributed by atoms with E-state index in [2.05, 4.69) is 0 Å². The van der Waals surface area contributed by atoms with E-state index in [0.29, 0.717) is 23.0 Å². The molecular weight excluding hydrogens is 360 g/mol. The summed E-state index contributed by atoms with van der Waals surface area (Å²) < 4.78 is 28.5. The van der Waals surface area contributed by atoms with Gasteiger partial charge < -0.3 is 4.57 Å². The second kappa shape index (κ2) is 7.19. The summed E-state index contributed by atoms with van der Waals surface area (Å²) in [6, 6.07) is 18.2. The third kappa shape index (κ3) is 3.34. The Balaban J connectivity index is 1.87. The summed E-state index contributed by atoms with van der Waals surface area (Å²) in [6.07, 6.45) is 1.49. The van der Waals surface area contributed by atoms with Gasteiger partial charge in [-0.15, -0.1) is 0 Å². The van der Waals surface area contributed by atoms with Gasteiger partial charge in [0.15, 0.2) is 5.78 Å². The Morgan fingerprint density at radius 2 is 1.61 bits per heavy atom. The minimum atomic E-state index is -0.483. The molecule has 0 fully saturated rings. The monoisotopic (exact) mass is 375 g/mol. The predicted octanol–water partition coefficient (Wildman–Crippen LogP) is 4.56. The van der Waals surface area contributed by atoms with Crippen molar-refractivity contribution in [2.24, 2.45) is 0 Å². The number of nitrogens with zero attached hydrogens (tertiary/aromatic N) is 1. The molecule has 3 aromatic carbocycles. The number of halogens is 2. The molecule has 0 aliphatic carbocycles. The molecule has 3 nitrogen and oxygen atoms in total. The molecule has 4 rings (SSSR count). The van der Waals surface area contributed by atoms with Crippen molar-refractivity contribution >= 4 is 16.7 Å². The van der Waals surface area contributed by atoms with Crippen molar-refractivity contribution in [2.75, 3.05) is 0 Å². The molecule has 0 atom stereocenters. The first-order valence-corrected chi connectivity index (χ1v) is 8.70. The van der Waals surface area contributed by atoms with Crippen LogP contribution in [0.3, 0.4) is 0 Å². The van der Waals surface area contributed by atoms with E-state index in [1.165, 1.54) is 42.6 Å². The Bertz CT molecular complexity index is 1240. The molecule has 0 amide bonds. The van der Waals surface area contributed by atoms with E-state index in [1.807, 2.05) is 0 Å². The Morgan fingerprint density at radius 3 is 2.36 bits per heavy atom. The fraction of sp³-hybridized carbons (Fsp3) is 0.0435. The van der Waals surface area contributed by atoms with E-state index < -0.39 is 11.6 Å². The van der Waals surface area contributed by atoms with E-state index in [9.17, 15) is 18.4 Å². The van der Waals surface area contributed by atoms with Gasteiger partial charge in [-0.1, -0.05) is 24.3 Å². The molecule has 0 saturated carbocycles. The number of hydrogen-bond acceptors (Lipinski definition) is 2. The van der Waals surface area contributed by atoms with Crippen molar-refractivity contribution in [1.82, 2.24) is 4.57 Å². The van der Waals surface area contributed by atoms with Gasteiger partial charge in [0.25, 0.3) is 0 Å². The van der Waals surface area contributed by atoms with Crippen LogP contribution in [0.4, 0.5) is 8.78 Å². The van der Waals surface area contributed by atoms with Gasteiger partial charge in [-0.05, 0) is 54.1 Å². The molecule has 4 aromatic rings. The summed E-state index contributed by atoms with van der Waals surface area (Å²) in [5.74, 6) is -1.30. The highest BCUT2D eigenvalue weighted by atomic mass is 19.1. The highest BCUT2D eigenvalue weighted by Crippen LogP contribution is 2.17. The van der Waals surface area contributed by atoms with Crippen LogP contribution in [0.25, 0.3) is 10.9 Å². The van der Waals surface area contributed by atoms with Gasteiger partial charge in [-0.3, -0.25) is 9.59 Å². The number of ketones is 1. The number of benzene rings is 3. The first-order chi connectivity index (χ1) is 13.5. The Hall–Kier alpha value is -3.60. The maximum absolute atomic E-state index is 13.6. The summed E-state index contributed by atoms with van der Waals surface area (Å²) >= 11 is 0. The van der Waals surface area contributed by atoms with Gasteiger partial charge in [-0.25, -0.2) is 8.78 Å². The second-order valence-corrected chi connectivity index (χ2v) is 6.48. The van der Waals surface area contributed by atoms with Gasteiger partial charge in [0.05, 0.1) is 11.1 Å². The second-order valence-electron chi connectivity index (χ2n) is 6.48. The van der Waals surface area contributed by atoms with Crippen LogP contribution < -0.4 is 5.43 Å². The number of para-hydroxylation sites is 1. The molecule has 0 bridgehead atoms. The van der Waals surface area contributed by atoms with Crippen molar-refractivity contribution in [3.63, 3.8) is 0 Å². The standard InChI is InChI=1S/C23H15F2NO2/c24-17-10-8-16(9-11-17)22(27)20-14-26(13-15-4-3-5-18(25)12-15)21-7-2-1-6-19(21)23(20)28/h1-12,14H,13H2. The van der Waals surface area contributed by atoms with Gasteiger partial charge in [0.2, 0.25) is 5.43 Å². The van der Waals surface area contributed by atoms with E-state index in [1.54, 1.807) is 41.0 Å². The molecule has 5 heteroatoms. The maximum atomic E-state index is 13.6. The molecule has 0 aliphatic rings. The minimum absolute atomic E-state index is 0.0123. The molecule has 1 heterocycles. The molecule has 28 heavy (non-hydrogen) atoms. The summed E-state index contributed by atoms with van der Waals surface area (Å²) in [5, 5.41) is 0.395.